The third kappa shape index (κ3) is 4.33. The predicted octanol–water partition coefficient (Wildman–Crippen LogP) is 2.47. The van der Waals surface area contributed by atoms with Gasteiger partial charge < -0.3 is 14.6 Å². The van der Waals surface area contributed by atoms with E-state index in [9.17, 15) is 0 Å². The van der Waals surface area contributed by atoms with Crippen LogP contribution in [0.4, 0.5) is 0 Å². The number of phenols is 1. The zero-order valence-corrected chi connectivity index (χ0v) is 8.55. The third-order valence-corrected chi connectivity index (χ3v) is 1.77. The molecule has 0 aliphatic rings. The van der Waals surface area contributed by atoms with Gasteiger partial charge in [-0.1, -0.05) is 17.7 Å². The highest BCUT2D eigenvalue weighted by Crippen LogP contribution is 2.07. The van der Waals surface area contributed by atoms with Gasteiger partial charge >= 0.3 is 0 Å². The van der Waals surface area contributed by atoms with Crippen LogP contribution in [0.3, 0.4) is 0 Å². The van der Waals surface area contributed by atoms with Gasteiger partial charge in [-0.2, -0.15) is 0 Å². The van der Waals surface area contributed by atoms with Crippen LogP contribution in [0.25, 0.3) is 0 Å². The fraction of sp³-hybridized carbons (Fsp3) is 0.167. The lowest BCUT2D eigenvalue weighted by Gasteiger charge is -1.89. The molecule has 1 heterocycles. The quantitative estimate of drug-likeness (QED) is 0.753. The van der Waals surface area contributed by atoms with Crippen LogP contribution in [0.2, 0.25) is 0 Å². The molecule has 3 nitrogen and oxygen atoms in total. The van der Waals surface area contributed by atoms with E-state index >= 15 is 0 Å². The first kappa shape index (κ1) is 11.3. The largest absolute Gasteiger partial charge is 0.508 e. The van der Waals surface area contributed by atoms with E-state index in [4.69, 9.17) is 14.6 Å². The van der Waals surface area contributed by atoms with Crippen molar-refractivity contribution in [2.75, 3.05) is 0 Å². The van der Waals surface area contributed by atoms with Gasteiger partial charge in [0, 0.05) is 0 Å². The summed E-state index contributed by atoms with van der Waals surface area (Å²) >= 11 is 0. The summed E-state index contributed by atoms with van der Waals surface area (Å²) in [6.07, 6.45) is 1.53. The maximum Gasteiger partial charge on any atom is 0.129 e. The second kappa shape index (κ2) is 5.88. The Kier molecular flexibility index (Phi) is 4.44. The number of aliphatic hydroxyl groups excluding tert-OH is 1. The van der Waals surface area contributed by atoms with E-state index in [0.29, 0.717) is 11.5 Å². The zero-order chi connectivity index (χ0) is 11.1. The van der Waals surface area contributed by atoms with Gasteiger partial charge in [0.15, 0.2) is 0 Å². The van der Waals surface area contributed by atoms with E-state index in [1.54, 1.807) is 24.3 Å². The van der Waals surface area contributed by atoms with Crippen LogP contribution in [-0.2, 0) is 6.61 Å². The maximum absolute atomic E-state index is 8.76. The average Bonchev–Trinajstić information content (AvgIpc) is 2.76. The summed E-state index contributed by atoms with van der Waals surface area (Å²) in [6.45, 7) is 1.98. The van der Waals surface area contributed by atoms with Gasteiger partial charge in [0.2, 0.25) is 0 Å². The number of hydrogen-bond acceptors (Lipinski definition) is 3. The number of rotatable bonds is 1. The predicted molar refractivity (Wildman–Crippen MR) is 57.5 cm³/mol. The zero-order valence-electron chi connectivity index (χ0n) is 8.55. The standard InChI is InChI=1S/C7H8O.C5H6O2/c1-6-2-4-7(8)5-3-6;6-4-5-2-1-3-7-5/h2-5,8H,1H3;1-3,6H,4H2. The highest BCUT2D eigenvalue weighted by atomic mass is 16.4. The minimum absolute atomic E-state index is 0.00694. The molecule has 2 N–H and O–H groups in total. The van der Waals surface area contributed by atoms with Crippen LogP contribution in [0.5, 0.6) is 5.75 Å². The van der Waals surface area contributed by atoms with Crippen molar-refractivity contribution in [1.82, 2.24) is 0 Å². The first-order valence-electron chi connectivity index (χ1n) is 4.61. The van der Waals surface area contributed by atoms with Crippen molar-refractivity contribution in [3.63, 3.8) is 0 Å². The normalized spacial score (nSPS) is 9.20. The summed E-state index contributed by atoms with van der Waals surface area (Å²) in [5.74, 6) is 0.940. The van der Waals surface area contributed by atoms with Crippen molar-refractivity contribution in [3.05, 3.63) is 54.0 Å². The van der Waals surface area contributed by atoms with Crippen LogP contribution in [0.15, 0.2) is 47.1 Å². The molecule has 80 valence electrons. The smallest absolute Gasteiger partial charge is 0.129 e. The Labute approximate surface area is 88.6 Å². The number of aliphatic hydroxyl groups is 1. The number of hydrogen-bond donors (Lipinski definition) is 2. The molecule has 0 spiro atoms. The molecule has 0 radical (unpaired) electrons. The molecule has 1 aromatic carbocycles. The molecule has 15 heavy (non-hydrogen) atoms. The van der Waals surface area contributed by atoms with E-state index < -0.39 is 0 Å². The Hall–Kier alpha value is -1.74. The number of benzene rings is 1. The monoisotopic (exact) mass is 206 g/mol. The molecule has 0 unspecified atom stereocenters. The van der Waals surface area contributed by atoms with Gasteiger partial charge in [-0.15, -0.1) is 0 Å². The van der Waals surface area contributed by atoms with Gasteiger partial charge in [0.05, 0.1) is 6.26 Å². The van der Waals surface area contributed by atoms with Crippen LogP contribution in [0, 0.1) is 6.92 Å². The van der Waals surface area contributed by atoms with Crippen LogP contribution in [0.1, 0.15) is 11.3 Å². The van der Waals surface area contributed by atoms with Crippen LogP contribution >= 0.6 is 0 Å². The van der Waals surface area contributed by atoms with Gasteiger partial charge in [-0.25, -0.2) is 0 Å². The summed E-state index contributed by atoms with van der Waals surface area (Å²) in [5, 5.41) is 17.1. The van der Waals surface area contributed by atoms with Crippen molar-refractivity contribution in [1.29, 1.82) is 0 Å². The van der Waals surface area contributed by atoms with Crippen molar-refractivity contribution >= 4 is 0 Å². The lowest BCUT2D eigenvalue weighted by Crippen LogP contribution is -1.72. The third-order valence-electron chi connectivity index (χ3n) is 1.77. The Morgan fingerprint density at radius 2 is 1.80 bits per heavy atom. The summed E-state index contributed by atoms with van der Waals surface area (Å²) in [7, 11) is 0. The molecule has 3 heteroatoms. The Morgan fingerprint density at radius 1 is 1.13 bits per heavy atom. The minimum atomic E-state index is -0.00694. The second-order valence-corrected chi connectivity index (χ2v) is 3.07. The molecular weight excluding hydrogens is 192 g/mol. The van der Waals surface area contributed by atoms with Gasteiger partial charge in [0.25, 0.3) is 0 Å². The topological polar surface area (TPSA) is 53.6 Å². The molecule has 1 aromatic heterocycles. The van der Waals surface area contributed by atoms with Crippen LogP contribution in [-0.4, -0.2) is 10.2 Å². The molecule has 0 amide bonds. The SMILES string of the molecule is Cc1ccc(O)cc1.OCc1ccco1. The Morgan fingerprint density at radius 3 is 2.13 bits per heavy atom. The fourth-order valence-electron chi connectivity index (χ4n) is 0.947. The summed E-state index contributed by atoms with van der Waals surface area (Å²) in [6, 6.07) is 10.6. The van der Waals surface area contributed by atoms with Gasteiger partial charge in [-0.05, 0) is 31.2 Å². The van der Waals surface area contributed by atoms with E-state index in [0.717, 1.165) is 0 Å². The van der Waals surface area contributed by atoms with E-state index in [-0.39, 0.29) is 6.61 Å². The van der Waals surface area contributed by atoms with Crippen molar-refractivity contribution in [3.8, 4) is 5.75 Å². The van der Waals surface area contributed by atoms with Crippen molar-refractivity contribution < 1.29 is 14.6 Å². The lowest BCUT2D eigenvalue weighted by atomic mass is 10.2. The van der Waals surface area contributed by atoms with Gasteiger partial charge in [0.1, 0.15) is 18.1 Å². The molecular formula is C12H14O3. The highest BCUT2D eigenvalue weighted by Gasteiger charge is 1.85. The molecule has 0 saturated carbocycles. The number of aryl methyl sites for hydroxylation is 1. The minimum Gasteiger partial charge on any atom is -0.508 e. The highest BCUT2D eigenvalue weighted by molar-refractivity contribution is 5.24. The Bertz CT molecular complexity index is 341. The summed E-state index contributed by atoms with van der Waals surface area (Å²) in [5.41, 5.74) is 1.17. The van der Waals surface area contributed by atoms with Gasteiger partial charge in [-0.3, -0.25) is 0 Å². The summed E-state index contributed by atoms with van der Waals surface area (Å²) in [4.78, 5) is 0. The fourth-order valence-corrected chi connectivity index (χ4v) is 0.947. The molecule has 0 fully saturated rings. The van der Waals surface area contributed by atoms with Crippen molar-refractivity contribution in [2.24, 2.45) is 0 Å². The number of phenolic OH excluding ortho intramolecular Hbond substituents is 1. The Balaban J connectivity index is 0.000000151. The molecule has 2 rings (SSSR count). The van der Waals surface area contributed by atoms with Crippen molar-refractivity contribution in [2.45, 2.75) is 13.5 Å². The lowest BCUT2D eigenvalue weighted by molar-refractivity contribution is 0.247. The van der Waals surface area contributed by atoms with E-state index in [1.807, 2.05) is 19.1 Å². The first-order chi connectivity index (χ1) is 7.22. The maximum atomic E-state index is 8.76. The van der Waals surface area contributed by atoms with Crippen LogP contribution < -0.4 is 0 Å². The second-order valence-electron chi connectivity index (χ2n) is 3.07. The average molecular weight is 206 g/mol. The first-order valence-corrected chi connectivity index (χ1v) is 4.61. The molecule has 0 saturated heterocycles. The molecule has 0 bridgehead atoms. The molecule has 2 aromatic rings. The molecule has 0 atom stereocenters. The molecule has 0 aliphatic carbocycles. The number of aromatic hydroxyl groups is 1. The van der Waals surface area contributed by atoms with E-state index in [2.05, 4.69) is 0 Å². The number of furan rings is 1. The molecule has 0 aliphatic heterocycles. The summed E-state index contributed by atoms with van der Waals surface area (Å²) < 4.78 is 4.73. The van der Waals surface area contributed by atoms with E-state index in [1.165, 1.54) is 11.8 Å².